The van der Waals surface area contributed by atoms with Crippen LogP contribution in [0.1, 0.15) is 51.0 Å². The highest BCUT2D eigenvalue weighted by Gasteiger charge is 2.54. The van der Waals surface area contributed by atoms with Crippen LogP contribution in [0, 0.1) is 23.1 Å². The Bertz CT molecular complexity index is 765. The molecule has 1 amide bonds. The lowest BCUT2D eigenvalue weighted by Crippen LogP contribution is -2.65. The summed E-state index contributed by atoms with van der Waals surface area (Å²) < 4.78 is 14.3. The van der Waals surface area contributed by atoms with E-state index in [9.17, 15) is 14.3 Å². The van der Waals surface area contributed by atoms with Crippen LogP contribution in [0.15, 0.2) is 18.2 Å². The van der Waals surface area contributed by atoms with Gasteiger partial charge in [0.2, 0.25) is 5.91 Å². The molecule has 146 valence electrons. The Morgan fingerprint density at radius 3 is 2.63 bits per heavy atom. The van der Waals surface area contributed by atoms with Gasteiger partial charge in [-0.2, -0.15) is 0 Å². The predicted octanol–water partition coefficient (Wildman–Crippen LogP) is 3.17. The standard InChI is InChI=1S/C21H28FN3O2/c1-12(20(23)19-16(22)4-3-5-17(19)24-2)6-18(26)25-14-7-13-8-15(25)11-21(27,9-13)10-14/h3-5,12-15,23-24,27H,6-11H2,1-2H3. The van der Waals surface area contributed by atoms with E-state index >= 15 is 0 Å². The Kier molecular flexibility index (Phi) is 4.49. The molecule has 5 nitrogen and oxygen atoms in total. The summed E-state index contributed by atoms with van der Waals surface area (Å²) in [6.07, 6.45) is 4.39. The molecular weight excluding hydrogens is 345 g/mol. The molecule has 4 fully saturated rings. The Morgan fingerprint density at radius 1 is 1.37 bits per heavy atom. The van der Waals surface area contributed by atoms with Crippen molar-refractivity contribution >= 4 is 17.3 Å². The first kappa shape index (κ1) is 18.4. The Hall–Kier alpha value is -1.95. The summed E-state index contributed by atoms with van der Waals surface area (Å²) >= 11 is 0. The molecule has 1 aromatic carbocycles. The predicted molar refractivity (Wildman–Crippen MR) is 103 cm³/mol. The summed E-state index contributed by atoms with van der Waals surface area (Å²) in [4.78, 5) is 15.0. The SMILES string of the molecule is CNc1cccc(F)c1C(=N)C(C)CC(=O)N1C2CC3CC1CC(O)(C3)C2. The lowest BCUT2D eigenvalue weighted by Gasteiger charge is -2.59. The number of halogens is 1. The maximum atomic E-state index is 14.3. The van der Waals surface area contributed by atoms with E-state index in [1.165, 1.54) is 6.07 Å². The molecule has 0 spiro atoms. The van der Waals surface area contributed by atoms with Gasteiger partial charge in [0, 0.05) is 42.9 Å². The molecule has 2 saturated heterocycles. The average molecular weight is 373 g/mol. The topological polar surface area (TPSA) is 76.4 Å². The van der Waals surface area contributed by atoms with Crippen LogP contribution in [-0.4, -0.2) is 46.4 Å². The normalized spacial score (nSPS) is 32.4. The third kappa shape index (κ3) is 3.14. The molecule has 0 radical (unpaired) electrons. The molecule has 2 heterocycles. The van der Waals surface area contributed by atoms with Gasteiger partial charge in [0.15, 0.2) is 0 Å². The summed E-state index contributed by atoms with van der Waals surface area (Å²) in [5, 5.41) is 22.1. The number of aliphatic hydroxyl groups is 1. The number of carbonyl (C=O) groups is 1. The van der Waals surface area contributed by atoms with E-state index in [1.807, 2.05) is 11.8 Å². The molecule has 5 rings (SSSR count). The van der Waals surface area contributed by atoms with E-state index in [1.54, 1.807) is 19.2 Å². The van der Waals surface area contributed by atoms with Gasteiger partial charge in [-0.15, -0.1) is 0 Å². The number of hydrogen-bond donors (Lipinski definition) is 3. The van der Waals surface area contributed by atoms with Crippen LogP contribution in [0.4, 0.5) is 10.1 Å². The van der Waals surface area contributed by atoms with Crippen LogP contribution in [-0.2, 0) is 4.79 Å². The number of nitrogens with one attached hydrogen (secondary N) is 2. The third-order valence-electron chi connectivity index (χ3n) is 6.71. The second-order valence-electron chi connectivity index (χ2n) is 8.71. The van der Waals surface area contributed by atoms with Gasteiger partial charge in [-0.25, -0.2) is 4.39 Å². The van der Waals surface area contributed by atoms with Crippen molar-refractivity contribution in [3.05, 3.63) is 29.6 Å². The number of benzene rings is 1. The van der Waals surface area contributed by atoms with E-state index in [4.69, 9.17) is 5.41 Å². The van der Waals surface area contributed by atoms with Gasteiger partial charge < -0.3 is 20.7 Å². The van der Waals surface area contributed by atoms with E-state index in [2.05, 4.69) is 5.32 Å². The molecule has 2 aliphatic heterocycles. The van der Waals surface area contributed by atoms with Gasteiger partial charge in [0.25, 0.3) is 0 Å². The summed E-state index contributed by atoms with van der Waals surface area (Å²) in [6, 6.07) is 4.94. The van der Waals surface area contributed by atoms with Crippen LogP contribution in [0.25, 0.3) is 0 Å². The summed E-state index contributed by atoms with van der Waals surface area (Å²) in [6.45, 7) is 1.82. The van der Waals surface area contributed by atoms with Crippen molar-refractivity contribution in [1.29, 1.82) is 5.41 Å². The number of nitrogens with zero attached hydrogens (tertiary/aromatic N) is 1. The van der Waals surface area contributed by atoms with Crippen molar-refractivity contribution in [2.45, 2.75) is 63.1 Å². The van der Waals surface area contributed by atoms with Gasteiger partial charge in [-0.05, 0) is 50.2 Å². The van der Waals surface area contributed by atoms with E-state index in [0.717, 1.165) is 19.3 Å². The minimum absolute atomic E-state index is 0.0343. The first-order valence-corrected chi connectivity index (χ1v) is 9.90. The van der Waals surface area contributed by atoms with E-state index in [-0.39, 0.29) is 41.6 Å². The molecular formula is C21H28FN3O2. The number of anilines is 1. The first-order chi connectivity index (χ1) is 12.8. The lowest BCUT2D eigenvalue weighted by atomic mass is 9.61. The Morgan fingerprint density at radius 2 is 2.04 bits per heavy atom. The van der Waals surface area contributed by atoms with E-state index < -0.39 is 11.4 Å². The van der Waals surface area contributed by atoms with Crippen molar-refractivity contribution in [2.24, 2.45) is 11.8 Å². The van der Waals surface area contributed by atoms with Crippen LogP contribution in [0.3, 0.4) is 0 Å². The minimum Gasteiger partial charge on any atom is -0.390 e. The van der Waals surface area contributed by atoms with Crippen molar-refractivity contribution in [1.82, 2.24) is 4.90 Å². The number of amides is 1. The summed E-state index contributed by atoms with van der Waals surface area (Å²) in [5.41, 5.74) is 0.376. The second kappa shape index (κ2) is 6.59. The minimum atomic E-state index is -0.583. The molecule has 27 heavy (non-hydrogen) atoms. The van der Waals surface area contributed by atoms with Crippen molar-refractivity contribution in [3.63, 3.8) is 0 Å². The highest BCUT2D eigenvalue weighted by molar-refractivity contribution is 6.05. The molecule has 1 aromatic rings. The maximum absolute atomic E-state index is 14.3. The number of carbonyl (C=O) groups excluding carboxylic acids is 1. The zero-order valence-electron chi connectivity index (χ0n) is 16.0. The zero-order valence-corrected chi connectivity index (χ0v) is 16.0. The number of piperidine rings is 2. The van der Waals surface area contributed by atoms with Gasteiger partial charge in [0.05, 0.1) is 11.2 Å². The quantitative estimate of drug-likeness (QED) is 0.694. The van der Waals surface area contributed by atoms with Crippen molar-refractivity contribution in [2.75, 3.05) is 12.4 Å². The monoisotopic (exact) mass is 373 g/mol. The van der Waals surface area contributed by atoms with Crippen LogP contribution < -0.4 is 5.32 Å². The third-order valence-corrected chi connectivity index (χ3v) is 6.71. The second-order valence-corrected chi connectivity index (χ2v) is 8.71. The fourth-order valence-electron chi connectivity index (χ4n) is 5.71. The largest absolute Gasteiger partial charge is 0.390 e. The van der Waals surface area contributed by atoms with Gasteiger partial charge >= 0.3 is 0 Å². The molecule has 4 bridgehead atoms. The zero-order chi connectivity index (χ0) is 19.3. The van der Waals surface area contributed by atoms with Gasteiger partial charge in [0.1, 0.15) is 5.82 Å². The van der Waals surface area contributed by atoms with E-state index in [0.29, 0.717) is 24.4 Å². The fraction of sp³-hybridized carbons (Fsp3) is 0.619. The van der Waals surface area contributed by atoms with Crippen molar-refractivity contribution < 1.29 is 14.3 Å². The van der Waals surface area contributed by atoms with Crippen LogP contribution in [0.2, 0.25) is 0 Å². The van der Waals surface area contributed by atoms with Crippen molar-refractivity contribution in [3.8, 4) is 0 Å². The molecule has 2 saturated carbocycles. The fourth-order valence-corrected chi connectivity index (χ4v) is 5.71. The maximum Gasteiger partial charge on any atom is 0.223 e. The highest BCUT2D eigenvalue weighted by Crippen LogP contribution is 2.51. The Balaban J connectivity index is 1.48. The Labute approximate surface area is 159 Å². The first-order valence-electron chi connectivity index (χ1n) is 9.90. The van der Waals surface area contributed by atoms with Crippen LogP contribution >= 0.6 is 0 Å². The van der Waals surface area contributed by atoms with Crippen LogP contribution in [0.5, 0.6) is 0 Å². The average Bonchev–Trinajstić information content (AvgIpc) is 2.58. The smallest absolute Gasteiger partial charge is 0.223 e. The van der Waals surface area contributed by atoms with Gasteiger partial charge in [-0.3, -0.25) is 4.79 Å². The highest BCUT2D eigenvalue weighted by atomic mass is 19.1. The summed E-state index contributed by atoms with van der Waals surface area (Å²) in [7, 11) is 1.70. The molecule has 0 aromatic heterocycles. The molecule has 3 unspecified atom stereocenters. The molecule has 2 aliphatic carbocycles. The molecule has 3 atom stereocenters. The molecule has 6 heteroatoms. The number of hydrogen-bond acceptors (Lipinski definition) is 4. The molecule has 4 aliphatic rings. The van der Waals surface area contributed by atoms with Gasteiger partial charge in [-0.1, -0.05) is 13.0 Å². The molecule has 3 N–H and O–H groups in total. The summed E-state index contributed by atoms with van der Waals surface area (Å²) in [5.74, 6) is -0.249. The number of rotatable bonds is 5. The lowest BCUT2D eigenvalue weighted by molar-refractivity contribution is -0.175.